The number of carbonyl (C=O) groups excluding carboxylic acids is 2. The van der Waals surface area contributed by atoms with Crippen LogP contribution in [0.1, 0.15) is 40.7 Å². The number of benzene rings is 1. The highest BCUT2D eigenvalue weighted by molar-refractivity contribution is 5.89. The molecule has 0 radical (unpaired) electrons. The number of amides is 1. The average molecular weight is 397 g/mol. The summed E-state index contributed by atoms with van der Waals surface area (Å²) in [5, 5.41) is 4.60. The molecule has 3 heterocycles. The van der Waals surface area contributed by atoms with E-state index in [-0.39, 0.29) is 11.8 Å². The van der Waals surface area contributed by atoms with E-state index in [0.29, 0.717) is 51.6 Å². The SMILES string of the molecule is CCOC(=O)c1nn(CCc2ccccc2)c2c1CN(C(=O)[C@@H]1CCOC1)CC2. The van der Waals surface area contributed by atoms with Gasteiger partial charge in [-0.05, 0) is 25.3 Å². The zero-order valence-corrected chi connectivity index (χ0v) is 16.8. The van der Waals surface area contributed by atoms with Crippen molar-refractivity contribution in [2.24, 2.45) is 5.92 Å². The topological polar surface area (TPSA) is 73.7 Å². The van der Waals surface area contributed by atoms with Crippen LogP contribution in [-0.4, -0.2) is 52.9 Å². The van der Waals surface area contributed by atoms with Crippen molar-refractivity contribution in [3.05, 3.63) is 52.8 Å². The minimum absolute atomic E-state index is 0.0734. The van der Waals surface area contributed by atoms with Crippen LogP contribution >= 0.6 is 0 Å². The molecule has 0 bridgehead atoms. The Balaban J connectivity index is 1.56. The maximum Gasteiger partial charge on any atom is 0.359 e. The number of aromatic nitrogens is 2. The van der Waals surface area contributed by atoms with E-state index >= 15 is 0 Å². The predicted molar refractivity (Wildman–Crippen MR) is 106 cm³/mol. The number of aryl methyl sites for hydroxylation is 2. The highest BCUT2D eigenvalue weighted by Crippen LogP contribution is 2.26. The Morgan fingerprint density at radius 3 is 2.83 bits per heavy atom. The fraction of sp³-hybridized carbons (Fsp3) is 0.500. The van der Waals surface area contributed by atoms with Gasteiger partial charge < -0.3 is 14.4 Å². The molecule has 0 spiro atoms. The lowest BCUT2D eigenvalue weighted by Gasteiger charge is -2.29. The van der Waals surface area contributed by atoms with Crippen LogP contribution in [-0.2, 0) is 40.2 Å². The van der Waals surface area contributed by atoms with Gasteiger partial charge in [-0.25, -0.2) is 4.79 Å². The summed E-state index contributed by atoms with van der Waals surface area (Å²) in [7, 11) is 0. The summed E-state index contributed by atoms with van der Waals surface area (Å²) in [6, 6.07) is 10.2. The third-order valence-electron chi connectivity index (χ3n) is 5.65. The minimum Gasteiger partial charge on any atom is -0.461 e. The van der Waals surface area contributed by atoms with E-state index in [1.54, 1.807) is 6.92 Å². The van der Waals surface area contributed by atoms with Crippen molar-refractivity contribution >= 4 is 11.9 Å². The van der Waals surface area contributed by atoms with Gasteiger partial charge in [-0.1, -0.05) is 30.3 Å². The molecular weight excluding hydrogens is 370 g/mol. The van der Waals surface area contributed by atoms with E-state index in [9.17, 15) is 9.59 Å². The van der Waals surface area contributed by atoms with Crippen LogP contribution in [0.2, 0.25) is 0 Å². The van der Waals surface area contributed by atoms with E-state index in [1.807, 2.05) is 27.8 Å². The lowest BCUT2D eigenvalue weighted by molar-refractivity contribution is -0.136. The van der Waals surface area contributed by atoms with Gasteiger partial charge in [-0.15, -0.1) is 0 Å². The first-order chi connectivity index (χ1) is 14.2. The summed E-state index contributed by atoms with van der Waals surface area (Å²) in [6.45, 7) is 4.95. The monoisotopic (exact) mass is 397 g/mol. The normalized spacial score (nSPS) is 18.5. The summed E-state index contributed by atoms with van der Waals surface area (Å²) in [6.07, 6.45) is 2.29. The third kappa shape index (κ3) is 4.19. The fourth-order valence-electron chi connectivity index (χ4n) is 4.09. The highest BCUT2D eigenvalue weighted by Gasteiger charge is 2.34. The number of nitrogens with zero attached hydrogens (tertiary/aromatic N) is 3. The lowest BCUT2D eigenvalue weighted by atomic mass is 10.0. The van der Waals surface area contributed by atoms with Gasteiger partial charge in [-0.3, -0.25) is 9.48 Å². The molecule has 154 valence electrons. The molecule has 1 atom stereocenters. The molecule has 29 heavy (non-hydrogen) atoms. The Morgan fingerprint density at radius 2 is 2.10 bits per heavy atom. The molecule has 1 fully saturated rings. The summed E-state index contributed by atoms with van der Waals surface area (Å²) in [4.78, 5) is 27.2. The van der Waals surface area contributed by atoms with Gasteiger partial charge in [0.2, 0.25) is 5.91 Å². The van der Waals surface area contributed by atoms with Crippen molar-refractivity contribution in [1.82, 2.24) is 14.7 Å². The third-order valence-corrected chi connectivity index (χ3v) is 5.65. The molecule has 2 aromatic rings. The van der Waals surface area contributed by atoms with Crippen LogP contribution in [0.25, 0.3) is 0 Å². The molecular formula is C22H27N3O4. The zero-order chi connectivity index (χ0) is 20.2. The van der Waals surface area contributed by atoms with Crippen molar-refractivity contribution < 1.29 is 19.1 Å². The number of carbonyl (C=O) groups is 2. The minimum atomic E-state index is -0.416. The summed E-state index contributed by atoms with van der Waals surface area (Å²) >= 11 is 0. The molecule has 0 aliphatic carbocycles. The molecule has 4 rings (SSSR count). The number of fused-ring (bicyclic) bond motifs is 1. The second-order valence-corrected chi connectivity index (χ2v) is 7.52. The van der Waals surface area contributed by atoms with Gasteiger partial charge in [0.15, 0.2) is 5.69 Å². The Morgan fingerprint density at radius 1 is 1.28 bits per heavy atom. The quantitative estimate of drug-likeness (QED) is 0.699. The van der Waals surface area contributed by atoms with Crippen LogP contribution in [0, 0.1) is 5.92 Å². The molecule has 2 aliphatic heterocycles. The summed E-state index contributed by atoms with van der Waals surface area (Å²) < 4.78 is 12.5. The summed E-state index contributed by atoms with van der Waals surface area (Å²) in [5.74, 6) is -0.378. The molecule has 2 aliphatic rings. The lowest BCUT2D eigenvalue weighted by Crippen LogP contribution is -2.40. The predicted octanol–water partition coefficient (Wildman–Crippen LogP) is 2.22. The zero-order valence-electron chi connectivity index (χ0n) is 16.8. The van der Waals surface area contributed by atoms with Crippen LogP contribution in [0.4, 0.5) is 0 Å². The maximum atomic E-state index is 12.8. The molecule has 0 unspecified atom stereocenters. The second-order valence-electron chi connectivity index (χ2n) is 7.52. The Hall–Kier alpha value is -2.67. The molecule has 7 heteroatoms. The first-order valence-corrected chi connectivity index (χ1v) is 10.3. The molecule has 0 saturated carbocycles. The number of esters is 1. The van der Waals surface area contributed by atoms with Gasteiger partial charge in [-0.2, -0.15) is 5.10 Å². The number of hydrogen-bond donors (Lipinski definition) is 0. The standard InChI is InChI=1S/C22H27N3O4/c1-2-29-22(27)20-18-14-24(21(26)17-10-13-28-15-17)11-9-19(18)25(23-20)12-8-16-6-4-3-5-7-16/h3-7,17H,2,8-15H2,1H3/t17-/m1/s1. The van der Waals surface area contributed by atoms with Crippen LogP contribution in [0.5, 0.6) is 0 Å². The highest BCUT2D eigenvalue weighted by atomic mass is 16.5. The van der Waals surface area contributed by atoms with Crippen molar-refractivity contribution in [2.75, 3.05) is 26.4 Å². The summed E-state index contributed by atoms with van der Waals surface area (Å²) in [5.41, 5.74) is 3.43. The van der Waals surface area contributed by atoms with Crippen LogP contribution < -0.4 is 0 Å². The second kappa shape index (κ2) is 8.78. The molecule has 0 N–H and O–H groups in total. The van der Waals surface area contributed by atoms with E-state index in [0.717, 1.165) is 24.1 Å². The average Bonchev–Trinajstić information content (AvgIpc) is 3.41. The van der Waals surface area contributed by atoms with Crippen LogP contribution in [0.3, 0.4) is 0 Å². The van der Waals surface area contributed by atoms with Crippen molar-refractivity contribution in [2.45, 2.75) is 39.3 Å². The van der Waals surface area contributed by atoms with Gasteiger partial charge in [0, 0.05) is 43.9 Å². The van der Waals surface area contributed by atoms with E-state index in [1.165, 1.54) is 5.56 Å². The molecule has 1 aromatic heterocycles. The van der Waals surface area contributed by atoms with Crippen molar-refractivity contribution in [3.8, 4) is 0 Å². The van der Waals surface area contributed by atoms with Gasteiger partial charge in [0.25, 0.3) is 0 Å². The molecule has 7 nitrogen and oxygen atoms in total. The molecule has 1 aromatic carbocycles. The first-order valence-electron chi connectivity index (χ1n) is 10.3. The van der Waals surface area contributed by atoms with E-state index in [2.05, 4.69) is 17.2 Å². The van der Waals surface area contributed by atoms with Gasteiger partial charge >= 0.3 is 5.97 Å². The van der Waals surface area contributed by atoms with Gasteiger partial charge in [0.05, 0.1) is 19.1 Å². The molecule has 1 saturated heterocycles. The fourth-order valence-corrected chi connectivity index (χ4v) is 4.09. The van der Waals surface area contributed by atoms with Gasteiger partial charge in [0.1, 0.15) is 0 Å². The Labute approximate surface area is 170 Å². The van der Waals surface area contributed by atoms with Crippen LogP contribution in [0.15, 0.2) is 30.3 Å². The maximum absolute atomic E-state index is 12.8. The molecule has 1 amide bonds. The number of rotatable bonds is 6. The smallest absolute Gasteiger partial charge is 0.359 e. The Kier molecular flexibility index (Phi) is 5.94. The van der Waals surface area contributed by atoms with E-state index < -0.39 is 5.97 Å². The number of hydrogen-bond acceptors (Lipinski definition) is 5. The first kappa shape index (κ1) is 19.6. The Bertz CT molecular complexity index is 872. The van der Waals surface area contributed by atoms with Crippen molar-refractivity contribution in [3.63, 3.8) is 0 Å². The largest absolute Gasteiger partial charge is 0.461 e. The van der Waals surface area contributed by atoms with Crippen molar-refractivity contribution in [1.29, 1.82) is 0 Å². The number of ether oxygens (including phenoxy) is 2. The van der Waals surface area contributed by atoms with E-state index in [4.69, 9.17) is 9.47 Å².